The number of benzene rings is 2. The Hall–Kier alpha value is -1.33. The predicted octanol–water partition coefficient (Wildman–Crippen LogP) is 7.33. The molecule has 3 aromatic rings. The maximum Gasteiger partial charge on any atom is 0.241 e. The minimum absolute atomic E-state index is 0.344. The van der Waals surface area contributed by atoms with Gasteiger partial charge in [0.15, 0.2) is 11.6 Å². The second kappa shape index (κ2) is 9.86. The summed E-state index contributed by atoms with van der Waals surface area (Å²) < 4.78 is 45.7. The third-order valence-electron chi connectivity index (χ3n) is 4.24. The number of hydrogen-bond donors (Lipinski definition) is 1. The Morgan fingerprint density at radius 1 is 1.27 bits per heavy atom. The van der Waals surface area contributed by atoms with E-state index >= 15 is 0 Å². The zero-order valence-corrected chi connectivity index (χ0v) is 19.6. The van der Waals surface area contributed by atoms with E-state index in [1.807, 2.05) is 6.07 Å². The van der Waals surface area contributed by atoms with E-state index in [9.17, 15) is 18.1 Å². The zero-order chi connectivity index (χ0) is 21.9. The second-order valence-electron chi connectivity index (χ2n) is 6.33. The minimum atomic E-state index is -3.51. The Morgan fingerprint density at radius 3 is 2.73 bits per heavy atom. The summed E-state index contributed by atoms with van der Waals surface area (Å²) >= 11 is 13.1. The summed E-state index contributed by atoms with van der Waals surface area (Å²) in [6, 6.07) is 8.57. The maximum absolute atomic E-state index is 13.3. The lowest BCUT2D eigenvalue weighted by molar-refractivity contribution is -0.119. The molecule has 0 fully saturated rings. The first-order valence-electron chi connectivity index (χ1n) is 8.43. The van der Waals surface area contributed by atoms with Gasteiger partial charge in [-0.05, 0) is 58.3 Å². The van der Waals surface area contributed by atoms with Crippen molar-refractivity contribution in [2.24, 2.45) is 0 Å². The van der Waals surface area contributed by atoms with Gasteiger partial charge in [0, 0.05) is 22.6 Å². The Bertz CT molecular complexity index is 1170. The summed E-state index contributed by atoms with van der Waals surface area (Å²) in [5.41, 5.74) is -0.278. The molecule has 1 amide bonds. The molecule has 2 aromatic carbocycles. The SMILES string of the molecule is CP(=O)(OPCl)C(C(=O)N/C=C/c1ccc(F)c(F)c1)c1csc2ccc(Cl)cc12. The molecule has 3 rings (SSSR count). The van der Waals surface area contributed by atoms with E-state index in [0.29, 0.717) is 21.5 Å². The van der Waals surface area contributed by atoms with Gasteiger partial charge >= 0.3 is 0 Å². The molecular weight excluding hydrogens is 493 g/mol. The second-order valence-corrected chi connectivity index (χ2v) is 11.4. The molecule has 4 nitrogen and oxygen atoms in total. The lowest BCUT2D eigenvalue weighted by atomic mass is 10.1. The van der Waals surface area contributed by atoms with Crippen LogP contribution >= 0.6 is 49.7 Å². The summed E-state index contributed by atoms with van der Waals surface area (Å²) in [6.07, 6.45) is 2.66. The molecule has 11 heteroatoms. The molecule has 3 atom stereocenters. The smallest absolute Gasteiger partial charge is 0.241 e. The van der Waals surface area contributed by atoms with Gasteiger partial charge in [0.05, 0.1) is 0 Å². The number of amides is 1. The van der Waals surface area contributed by atoms with E-state index in [0.717, 1.165) is 16.8 Å². The van der Waals surface area contributed by atoms with Gasteiger partial charge < -0.3 is 5.32 Å². The van der Waals surface area contributed by atoms with Gasteiger partial charge in [-0.1, -0.05) is 28.9 Å². The fraction of sp³-hybridized carbons (Fsp3) is 0.105. The van der Waals surface area contributed by atoms with Gasteiger partial charge in [-0.25, -0.2) is 8.78 Å². The Balaban J connectivity index is 1.93. The van der Waals surface area contributed by atoms with Crippen molar-refractivity contribution in [1.82, 2.24) is 5.32 Å². The molecule has 0 bridgehead atoms. The van der Waals surface area contributed by atoms with E-state index in [4.69, 9.17) is 27.2 Å². The van der Waals surface area contributed by atoms with Crippen LogP contribution in [0.15, 0.2) is 48.0 Å². The van der Waals surface area contributed by atoms with Crippen molar-refractivity contribution in [3.05, 3.63) is 75.8 Å². The molecule has 1 aromatic heterocycles. The summed E-state index contributed by atoms with van der Waals surface area (Å²) in [6.45, 7) is 1.35. The summed E-state index contributed by atoms with van der Waals surface area (Å²) in [4.78, 5) is 13.0. The molecule has 0 spiro atoms. The first-order chi connectivity index (χ1) is 14.2. The number of hydrogen-bond acceptors (Lipinski definition) is 4. The van der Waals surface area contributed by atoms with Crippen LogP contribution in [-0.2, 0) is 13.7 Å². The van der Waals surface area contributed by atoms with Crippen LogP contribution < -0.4 is 5.32 Å². The highest BCUT2D eigenvalue weighted by Gasteiger charge is 2.38. The highest BCUT2D eigenvalue weighted by atomic mass is 35.7. The summed E-state index contributed by atoms with van der Waals surface area (Å²) in [5, 5.41) is 5.45. The molecule has 1 heterocycles. The number of halogens is 4. The lowest BCUT2D eigenvalue weighted by Gasteiger charge is -2.22. The third-order valence-corrected chi connectivity index (χ3v) is 9.25. The van der Waals surface area contributed by atoms with E-state index in [1.54, 1.807) is 17.5 Å². The molecule has 0 saturated heterocycles. The molecule has 30 heavy (non-hydrogen) atoms. The topological polar surface area (TPSA) is 55.4 Å². The number of fused-ring (bicyclic) bond motifs is 1. The monoisotopic (exact) mass is 507 g/mol. The average molecular weight is 508 g/mol. The Labute approximate surface area is 187 Å². The normalized spacial score (nSPS) is 15.1. The van der Waals surface area contributed by atoms with E-state index in [-0.39, 0.29) is 0 Å². The van der Waals surface area contributed by atoms with Crippen LogP contribution in [0, 0.1) is 11.6 Å². The first kappa shape index (κ1) is 23.3. The van der Waals surface area contributed by atoms with Crippen molar-refractivity contribution in [3.8, 4) is 0 Å². The van der Waals surface area contributed by atoms with Gasteiger partial charge in [-0.3, -0.25) is 13.7 Å². The van der Waals surface area contributed by atoms with Crippen LogP contribution in [0.1, 0.15) is 16.8 Å². The van der Waals surface area contributed by atoms with Crippen LogP contribution in [0.2, 0.25) is 5.02 Å². The zero-order valence-electron chi connectivity index (χ0n) is 15.4. The van der Waals surface area contributed by atoms with E-state index in [1.165, 1.54) is 36.3 Å². The number of nitrogens with one attached hydrogen (secondary N) is 1. The Morgan fingerprint density at radius 2 is 2.03 bits per heavy atom. The maximum atomic E-state index is 13.3. The molecule has 1 N–H and O–H groups in total. The van der Waals surface area contributed by atoms with Crippen LogP contribution in [0.5, 0.6) is 0 Å². The quantitative estimate of drug-likeness (QED) is 0.340. The average Bonchev–Trinajstić information content (AvgIpc) is 3.07. The molecule has 0 saturated carbocycles. The molecule has 0 aliphatic carbocycles. The summed E-state index contributed by atoms with van der Waals surface area (Å²) in [5.74, 6) is -2.56. The molecule has 0 aliphatic rings. The molecule has 0 radical (unpaired) electrons. The molecule has 158 valence electrons. The fourth-order valence-corrected chi connectivity index (χ4v) is 7.54. The highest BCUT2D eigenvalue weighted by molar-refractivity contribution is 7.74. The number of thiophene rings is 1. The van der Waals surface area contributed by atoms with Crippen LogP contribution in [0.25, 0.3) is 16.2 Å². The highest BCUT2D eigenvalue weighted by Crippen LogP contribution is 2.62. The van der Waals surface area contributed by atoms with Gasteiger partial charge in [-0.2, -0.15) is 0 Å². The van der Waals surface area contributed by atoms with Gasteiger partial charge in [-0.15, -0.1) is 11.3 Å². The van der Waals surface area contributed by atoms with Gasteiger partial charge in [0.1, 0.15) is 13.8 Å². The molecule has 0 aliphatic heterocycles. The van der Waals surface area contributed by atoms with Crippen molar-refractivity contribution < 1.29 is 22.5 Å². The largest absolute Gasteiger partial charge is 0.332 e. The van der Waals surface area contributed by atoms with Crippen molar-refractivity contribution in [1.29, 1.82) is 0 Å². The van der Waals surface area contributed by atoms with Crippen molar-refractivity contribution in [2.45, 2.75) is 5.66 Å². The van der Waals surface area contributed by atoms with Crippen LogP contribution in [0.3, 0.4) is 0 Å². The lowest BCUT2D eigenvalue weighted by Crippen LogP contribution is -2.25. The summed E-state index contributed by atoms with van der Waals surface area (Å²) in [7, 11) is -4.09. The number of carbonyl (C=O) groups excluding carboxylic acids is 1. The minimum Gasteiger partial charge on any atom is -0.332 e. The van der Waals surface area contributed by atoms with E-state index < -0.39 is 38.7 Å². The fourth-order valence-electron chi connectivity index (χ4n) is 2.88. The Kier molecular flexibility index (Phi) is 7.67. The van der Waals surface area contributed by atoms with Crippen LogP contribution in [0.4, 0.5) is 8.78 Å². The molecular formula is C19H15Cl2F2NO3P2S. The van der Waals surface area contributed by atoms with Crippen LogP contribution in [-0.4, -0.2) is 12.6 Å². The van der Waals surface area contributed by atoms with Crippen molar-refractivity contribution >= 4 is 71.8 Å². The first-order valence-corrected chi connectivity index (χ1v) is 13.7. The predicted molar refractivity (Wildman–Crippen MR) is 122 cm³/mol. The van der Waals surface area contributed by atoms with Gasteiger partial charge in [0.25, 0.3) is 0 Å². The van der Waals surface area contributed by atoms with Crippen molar-refractivity contribution in [2.75, 3.05) is 6.66 Å². The standard InChI is InChI=1S/C19H15Cl2F2NO3P2S/c1-29(26,27-28-21)18(14-10-30-17-5-3-12(20)9-13(14)17)19(25)24-7-6-11-2-4-15(22)16(23)8-11/h2-10,18,28H,1H3,(H,24,25)/b7-6+. The van der Waals surface area contributed by atoms with Gasteiger partial charge in [0.2, 0.25) is 13.3 Å². The third kappa shape index (κ3) is 5.28. The van der Waals surface area contributed by atoms with E-state index in [2.05, 4.69) is 5.32 Å². The molecule has 3 unspecified atom stereocenters. The number of carbonyl (C=O) groups is 1. The van der Waals surface area contributed by atoms with Crippen molar-refractivity contribution in [3.63, 3.8) is 0 Å². The number of rotatable bonds is 7.